The van der Waals surface area contributed by atoms with Crippen LogP contribution in [0.3, 0.4) is 0 Å². The Morgan fingerprint density at radius 3 is 2.40 bits per heavy atom. The zero-order valence-electron chi connectivity index (χ0n) is 9.75. The van der Waals surface area contributed by atoms with E-state index in [0.29, 0.717) is 17.8 Å². The van der Waals surface area contributed by atoms with Gasteiger partial charge in [-0.15, -0.1) is 0 Å². The molecule has 0 aliphatic heterocycles. The van der Waals surface area contributed by atoms with Crippen LogP contribution >= 0.6 is 12.2 Å². The van der Waals surface area contributed by atoms with E-state index in [-0.39, 0.29) is 11.9 Å². The van der Waals surface area contributed by atoms with Gasteiger partial charge in [-0.3, -0.25) is 4.79 Å². The monoisotopic (exact) mass is 231 g/mol. The van der Waals surface area contributed by atoms with Gasteiger partial charge in [0, 0.05) is 32.0 Å². The molecule has 0 aliphatic rings. The highest BCUT2D eigenvalue weighted by molar-refractivity contribution is 7.80. The number of nitrogens with one attached hydrogen (secondary N) is 1. The summed E-state index contributed by atoms with van der Waals surface area (Å²) in [5.41, 5.74) is 5.39. The van der Waals surface area contributed by atoms with Gasteiger partial charge in [0.05, 0.1) is 4.99 Å². The Balaban J connectivity index is 3.57. The third kappa shape index (κ3) is 9.62. The lowest BCUT2D eigenvalue weighted by Gasteiger charge is -2.16. The first-order valence-corrected chi connectivity index (χ1v) is 5.59. The largest absolute Gasteiger partial charge is 0.393 e. The molecule has 0 unspecified atom stereocenters. The van der Waals surface area contributed by atoms with E-state index >= 15 is 0 Å². The third-order valence-corrected chi connectivity index (χ3v) is 2.11. The number of nitrogens with zero attached hydrogens (tertiary/aromatic N) is 1. The van der Waals surface area contributed by atoms with Gasteiger partial charge in [-0.2, -0.15) is 0 Å². The second kappa shape index (κ2) is 7.59. The van der Waals surface area contributed by atoms with Crippen LogP contribution < -0.4 is 11.1 Å². The zero-order valence-corrected chi connectivity index (χ0v) is 10.6. The molecule has 0 saturated heterocycles. The first-order valence-electron chi connectivity index (χ1n) is 5.18. The molecule has 0 radical (unpaired) electrons. The maximum Gasteiger partial charge on any atom is 0.221 e. The Morgan fingerprint density at radius 2 is 1.93 bits per heavy atom. The fourth-order valence-corrected chi connectivity index (χ4v) is 1.19. The number of nitrogens with two attached hydrogens (primary N) is 1. The molecule has 3 N–H and O–H groups in total. The molecule has 4 nitrogen and oxygen atoms in total. The molecule has 1 amide bonds. The van der Waals surface area contributed by atoms with Gasteiger partial charge in [-0.05, 0) is 20.9 Å². The van der Waals surface area contributed by atoms with Gasteiger partial charge in [-0.1, -0.05) is 12.2 Å². The summed E-state index contributed by atoms with van der Waals surface area (Å²) in [4.78, 5) is 13.9. The molecular weight excluding hydrogens is 210 g/mol. The minimum Gasteiger partial charge on any atom is -0.393 e. The maximum absolute atomic E-state index is 11.3. The first kappa shape index (κ1) is 14.3. The predicted octanol–water partition coefficient (Wildman–Crippen LogP) is 0.509. The Hall–Kier alpha value is -0.680. The van der Waals surface area contributed by atoms with Crippen LogP contribution in [0.1, 0.15) is 26.7 Å². The van der Waals surface area contributed by atoms with E-state index in [0.717, 1.165) is 13.1 Å². The summed E-state index contributed by atoms with van der Waals surface area (Å²) in [6.45, 7) is 5.45. The lowest BCUT2D eigenvalue weighted by atomic mass is 10.3. The van der Waals surface area contributed by atoms with Crippen LogP contribution in [0.2, 0.25) is 0 Å². The van der Waals surface area contributed by atoms with E-state index in [4.69, 9.17) is 18.0 Å². The van der Waals surface area contributed by atoms with Crippen LogP contribution in [-0.4, -0.2) is 42.0 Å². The van der Waals surface area contributed by atoms with Crippen LogP contribution in [0.25, 0.3) is 0 Å². The van der Waals surface area contributed by atoms with Crippen molar-refractivity contribution in [2.75, 3.05) is 20.1 Å². The summed E-state index contributed by atoms with van der Waals surface area (Å²) >= 11 is 4.78. The van der Waals surface area contributed by atoms with Crippen molar-refractivity contribution in [3.63, 3.8) is 0 Å². The van der Waals surface area contributed by atoms with Crippen LogP contribution in [0.5, 0.6) is 0 Å². The standard InChI is InChI=1S/C10H21N3OS/c1-8(2)12-10(14)5-7-13(3)6-4-9(11)15/h8H,4-7H2,1-3H3,(H2,11,15)(H,12,14). The average Bonchev–Trinajstić information content (AvgIpc) is 2.10. The minimum atomic E-state index is 0.0900. The highest BCUT2D eigenvalue weighted by Gasteiger charge is 2.05. The van der Waals surface area contributed by atoms with E-state index in [1.807, 2.05) is 20.9 Å². The molecule has 0 aromatic heterocycles. The summed E-state index contributed by atoms with van der Waals surface area (Å²) in [7, 11) is 1.96. The predicted molar refractivity (Wildman–Crippen MR) is 66.8 cm³/mol. The second-order valence-electron chi connectivity index (χ2n) is 3.99. The maximum atomic E-state index is 11.3. The summed E-state index contributed by atoms with van der Waals surface area (Å²) in [6.07, 6.45) is 1.23. The molecule has 0 bridgehead atoms. The summed E-state index contributed by atoms with van der Waals surface area (Å²) in [6, 6.07) is 0.208. The van der Waals surface area contributed by atoms with Crippen LogP contribution in [0.15, 0.2) is 0 Å². The van der Waals surface area contributed by atoms with Crippen molar-refractivity contribution in [1.82, 2.24) is 10.2 Å². The highest BCUT2D eigenvalue weighted by Crippen LogP contribution is 1.92. The lowest BCUT2D eigenvalue weighted by Crippen LogP contribution is -2.33. The smallest absolute Gasteiger partial charge is 0.221 e. The van der Waals surface area contributed by atoms with Crippen molar-refractivity contribution in [1.29, 1.82) is 0 Å². The molecule has 15 heavy (non-hydrogen) atoms. The highest BCUT2D eigenvalue weighted by atomic mass is 32.1. The summed E-state index contributed by atoms with van der Waals surface area (Å²) in [5.74, 6) is 0.0900. The van der Waals surface area contributed by atoms with Crippen molar-refractivity contribution in [2.24, 2.45) is 5.73 Å². The topological polar surface area (TPSA) is 58.4 Å². The molecule has 0 spiro atoms. The van der Waals surface area contributed by atoms with Crippen molar-refractivity contribution >= 4 is 23.1 Å². The third-order valence-electron chi connectivity index (χ3n) is 1.91. The normalized spacial score (nSPS) is 10.7. The molecule has 88 valence electrons. The fraction of sp³-hybridized carbons (Fsp3) is 0.800. The van der Waals surface area contributed by atoms with Crippen molar-refractivity contribution in [3.8, 4) is 0 Å². The van der Waals surface area contributed by atoms with Gasteiger partial charge in [0.1, 0.15) is 0 Å². The zero-order chi connectivity index (χ0) is 11.8. The summed E-state index contributed by atoms with van der Waals surface area (Å²) < 4.78 is 0. The summed E-state index contributed by atoms with van der Waals surface area (Å²) in [5, 5.41) is 2.85. The van der Waals surface area contributed by atoms with E-state index in [9.17, 15) is 4.79 Å². The Kier molecular flexibility index (Phi) is 7.25. The molecule has 0 aliphatic carbocycles. The Labute approximate surface area is 97.2 Å². The Bertz CT molecular complexity index is 219. The molecule has 0 aromatic rings. The van der Waals surface area contributed by atoms with Crippen molar-refractivity contribution in [3.05, 3.63) is 0 Å². The van der Waals surface area contributed by atoms with Gasteiger partial charge in [0.2, 0.25) is 5.91 Å². The second-order valence-corrected chi connectivity index (χ2v) is 4.52. The molecule has 0 fully saturated rings. The molecule has 0 saturated carbocycles. The number of carbonyl (C=O) groups excluding carboxylic acids is 1. The number of carbonyl (C=O) groups is 1. The van der Waals surface area contributed by atoms with Crippen molar-refractivity contribution < 1.29 is 4.79 Å². The van der Waals surface area contributed by atoms with Gasteiger partial charge in [-0.25, -0.2) is 0 Å². The van der Waals surface area contributed by atoms with Gasteiger partial charge >= 0.3 is 0 Å². The van der Waals surface area contributed by atoms with Gasteiger partial charge in [0.25, 0.3) is 0 Å². The minimum absolute atomic E-state index is 0.0900. The molecule has 0 atom stereocenters. The Morgan fingerprint density at radius 1 is 1.40 bits per heavy atom. The fourth-order valence-electron chi connectivity index (χ4n) is 1.10. The molecule has 0 aromatic carbocycles. The van der Waals surface area contributed by atoms with Crippen LogP contribution in [0.4, 0.5) is 0 Å². The SMILES string of the molecule is CC(C)NC(=O)CCN(C)CCC(N)=S. The lowest BCUT2D eigenvalue weighted by molar-refractivity contribution is -0.121. The molecule has 5 heteroatoms. The van der Waals surface area contributed by atoms with E-state index in [1.165, 1.54) is 0 Å². The van der Waals surface area contributed by atoms with Crippen LogP contribution in [0, 0.1) is 0 Å². The van der Waals surface area contributed by atoms with Gasteiger partial charge < -0.3 is 16.0 Å². The van der Waals surface area contributed by atoms with Crippen LogP contribution in [-0.2, 0) is 4.79 Å². The van der Waals surface area contributed by atoms with E-state index in [2.05, 4.69) is 10.2 Å². The molecule has 0 rings (SSSR count). The van der Waals surface area contributed by atoms with Crippen molar-refractivity contribution in [2.45, 2.75) is 32.7 Å². The number of hydrogen-bond donors (Lipinski definition) is 2. The number of thiocarbonyl (C=S) groups is 1. The average molecular weight is 231 g/mol. The van der Waals surface area contributed by atoms with E-state index < -0.39 is 0 Å². The molecule has 0 heterocycles. The van der Waals surface area contributed by atoms with E-state index in [1.54, 1.807) is 0 Å². The number of hydrogen-bond acceptors (Lipinski definition) is 3. The first-order chi connectivity index (χ1) is 6.91. The number of rotatable bonds is 7. The molecular formula is C10H21N3OS. The quantitative estimate of drug-likeness (QED) is 0.627. The number of amides is 1. The van der Waals surface area contributed by atoms with Gasteiger partial charge in [0.15, 0.2) is 0 Å².